The van der Waals surface area contributed by atoms with Crippen LogP contribution >= 0.6 is 0 Å². The second kappa shape index (κ2) is 9.72. The summed E-state index contributed by atoms with van der Waals surface area (Å²) in [5, 5.41) is 12.6. The number of likely N-dealkylation sites (N-methyl/N-ethyl adjacent to an activating group) is 1. The number of benzene rings is 2. The van der Waals surface area contributed by atoms with E-state index in [0.717, 1.165) is 35.1 Å². The molecule has 2 aliphatic carbocycles. The average molecular weight is 479 g/mol. The Hall–Kier alpha value is -3.35. The molecule has 0 saturated heterocycles. The molecule has 7 heteroatoms. The van der Waals surface area contributed by atoms with E-state index in [2.05, 4.69) is 29.6 Å². The van der Waals surface area contributed by atoms with Crippen molar-refractivity contribution in [2.75, 3.05) is 20.2 Å². The summed E-state index contributed by atoms with van der Waals surface area (Å²) in [6, 6.07) is 16.3. The summed E-state index contributed by atoms with van der Waals surface area (Å²) in [5.74, 6) is -1.28. The van der Waals surface area contributed by atoms with Crippen molar-refractivity contribution in [2.45, 2.75) is 57.4 Å². The molecule has 1 atom stereocenters. The second-order valence-corrected chi connectivity index (χ2v) is 10.0. The summed E-state index contributed by atoms with van der Waals surface area (Å²) in [7, 11) is 1.57. The molecule has 35 heavy (non-hydrogen) atoms. The van der Waals surface area contributed by atoms with Gasteiger partial charge in [-0.25, -0.2) is 9.59 Å². The number of alkyl carbamates (subject to hydrolysis) is 1. The molecular weight excluding hydrogens is 444 g/mol. The van der Waals surface area contributed by atoms with E-state index >= 15 is 0 Å². The molecule has 186 valence electrons. The summed E-state index contributed by atoms with van der Waals surface area (Å²) < 4.78 is 5.61. The van der Waals surface area contributed by atoms with Crippen molar-refractivity contribution >= 4 is 18.0 Å². The van der Waals surface area contributed by atoms with Crippen molar-refractivity contribution in [1.82, 2.24) is 10.2 Å². The predicted octanol–water partition coefficient (Wildman–Crippen LogP) is 4.80. The third kappa shape index (κ3) is 4.40. The van der Waals surface area contributed by atoms with Crippen LogP contribution in [-0.2, 0) is 14.3 Å². The first-order valence-electron chi connectivity index (χ1n) is 12.3. The van der Waals surface area contributed by atoms with Crippen LogP contribution in [0.4, 0.5) is 4.79 Å². The maximum absolute atomic E-state index is 13.4. The number of carbonyl (C=O) groups excluding carboxylic acids is 2. The van der Waals surface area contributed by atoms with E-state index in [0.29, 0.717) is 19.3 Å². The molecule has 0 heterocycles. The molecule has 1 fully saturated rings. The molecule has 0 radical (unpaired) electrons. The number of hydrogen-bond donors (Lipinski definition) is 2. The Bertz CT molecular complexity index is 1080. The van der Waals surface area contributed by atoms with Crippen molar-refractivity contribution in [1.29, 1.82) is 0 Å². The average Bonchev–Trinajstić information content (AvgIpc) is 3.49. The number of hydrogen-bond acceptors (Lipinski definition) is 4. The number of rotatable bonds is 8. The molecule has 0 aliphatic heterocycles. The van der Waals surface area contributed by atoms with E-state index in [-0.39, 0.29) is 25.0 Å². The lowest BCUT2D eigenvalue weighted by atomic mass is 9.83. The van der Waals surface area contributed by atoms with Crippen molar-refractivity contribution in [3.8, 4) is 11.1 Å². The fourth-order valence-electron chi connectivity index (χ4n) is 5.52. The summed E-state index contributed by atoms with van der Waals surface area (Å²) in [4.78, 5) is 39.5. The van der Waals surface area contributed by atoms with Gasteiger partial charge >= 0.3 is 12.1 Å². The molecule has 2 aliphatic rings. The molecule has 0 aromatic heterocycles. The molecule has 7 nitrogen and oxygen atoms in total. The van der Waals surface area contributed by atoms with Crippen molar-refractivity contribution in [3.63, 3.8) is 0 Å². The molecule has 4 rings (SSSR count). The number of ether oxygens (including phenoxy) is 1. The Balaban J connectivity index is 1.40. The van der Waals surface area contributed by atoms with E-state index in [1.807, 2.05) is 31.2 Å². The summed E-state index contributed by atoms with van der Waals surface area (Å²) in [6.07, 6.45) is 2.33. The van der Waals surface area contributed by atoms with Gasteiger partial charge in [-0.1, -0.05) is 68.3 Å². The monoisotopic (exact) mass is 478 g/mol. The van der Waals surface area contributed by atoms with Crippen molar-refractivity contribution in [2.24, 2.45) is 5.41 Å². The zero-order valence-corrected chi connectivity index (χ0v) is 20.7. The van der Waals surface area contributed by atoms with E-state index in [4.69, 9.17) is 4.74 Å². The fraction of sp³-hybridized carbons (Fsp3) is 0.464. The number of aliphatic carboxylic acids is 1. The van der Waals surface area contributed by atoms with Crippen LogP contribution in [0.2, 0.25) is 0 Å². The highest BCUT2D eigenvalue weighted by Crippen LogP contribution is 2.44. The van der Waals surface area contributed by atoms with Crippen molar-refractivity contribution < 1.29 is 24.2 Å². The van der Waals surface area contributed by atoms with Gasteiger partial charge in [-0.15, -0.1) is 0 Å². The van der Waals surface area contributed by atoms with Gasteiger partial charge in [-0.3, -0.25) is 4.79 Å². The maximum Gasteiger partial charge on any atom is 0.407 e. The van der Waals surface area contributed by atoms with Gasteiger partial charge in [0.25, 0.3) is 0 Å². The highest BCUT2D eigenvalue weighted by molar-refractivity contribution is 5.90. The van der Waals surface area contributed by atoms with Gasteiger partial charge in [0.05, 0.1) is 5.41 Å². The zero-order valence-electron chi connectivity index (χ0n) is 20.7. The van der Waals surface area contributed by atoms with Crippen LogP contribution in [0.5, 0.6) is 0 Å². The minimum Gasteiger partial charge on any atom is -0.479 e. The Morgan fingerprint density at radius 1 is 1.06 bits per heavy atom. The van der Waals surface area contributed by atoms with Crippen LogP contribution in [0.25, 0.3) is 11.1 Å². The Kier molecular flexibility index (Phi) is 6.88. The molecule has 1 unspecified atom stereocenters. The fourth-order valence-corrected chi connectivity index (χ4v) is 5.52. The van der Waals surface area contributed by atoms with Crippen LogP contribution in [0, 0.1) is 5.41 Å². The lowest BCUT2D eigenvalue weighted by Gasteiger charge is -2.40. The number of carbonyl (C=O) groups is 3. The maximum atomic E-state index is 13.4. The van der Waals surface area contributed by atoms with Gasteiger partial charge < -0.3 is 20.1 Å². The lowest BCUT2D eigenvalue weighted by Crippen LogP contribution is -2.58. The van der Waals surface area contributed by atoms with E-state index in [1.54, 1.807) is 14.0 Å². The topological polar surface area (TPSA) is 95.9 Å². The molecule has 0 spiro atoms. The van der Waals surface area contributed by atoms with Gasteiger partial charge in [0.2, 0.25) is 5.91 Å². The number of amides is 2. The standard InChI is InChI=1S/C28H34N2O5/c1-4-27(2,24(31)30(3)28(25(32)33)15-9-10-16-28)18-29-26(34)35-17-23-21-13-7-5-11-19(21)20-12-6-8-14-22(20)23/h5-8,11-14,23H,4,9-10,15-18H2,1-3H3,(H,29,34)(H,32,33). The highest BCUT2D eigenvalue weighted by atomic mass is 16.5. The summed E-state index contributed by atoms with van der Waals surface area (Å²) in [5.41, 5.74) is 2.47. The van der Waals surface area contributed by atoms with Gasteiger partial charge in [-0.05, 0) is 48.4 Å². The first-order valence-corrected chi connectivity index (χ1v) is 12.3. The lowest BCUT2D eigenvalue weighted by molar-refractivity contribution is -0.161. The van der Waals surface area contributed by atoms with Crippen LogP contribution in [0.3, 0.4) is 0 Å². The van der Waals surface area contributed by atoms with Gasteiger partial charge in [0, 0.05) is 19.5 Å². The molecule has 2 amide bonds. The number of carboxylic acid groups (broad SMARTS) is 1. The molecule has 2 aromatic rings. The van der Waals surface area contributed by atoms with E-state index in [1.165, 1.54) is 4.90 Å². The molecule has 2 N–H and O–H groups in total. The van der Waals surface area contributed by atoms with Gasteiger partial charge in [0.1, 0.15) is 12.1 Å². The molecule has 2 aromatic carbocycles. The summed E-state index contributed by atoms with van der Waals surface area (Å²) in [6.45, 7) is 3.89. The third-order valence-corrected chi connectivity index (χ3v) is 8.04. The Labute approximate surface area is 206 Å². The Morgan fingerprint density at radius 2 is 1.60 bits per heavy atom. The van der Waals surface area contributed by atoms with Crippen LogP contribution in [0.15, 0.2) is 48.5 Å². The van der Waals surface area contributed by atoms with Crippen LogP contribution in [0.1, 0.15) is 63.0 Å². The minimum absolute atomic E-state index is 0.0451. The van der Waals surface area contributed by atoms with Crippen LogP contribution < -0.4 is 5.32 Å². The van der Waals surface area contributed by atoms with Crippen LogP contribution in [-0.4, -0.2) is 53.7 Å². The predicted molar refractivity (Wildman–Crippen MR) is 133 cm³/mol. The Morgan fingerprint density at radius 3 is 2.11 bits per heavy atom. The normalized spacial score (nSPS) is 17.7. The minimum atomic E-state index is -1.17. The quantitative estimate of drug-likeness (QED) is 0.568. The van der Waals surface area contributed by atoms with E-state index in [9.17, 15) is 19.5 Å². The van der Waals surface area contributed by atoms with E-state index < -0.39 is 23.0 Å². The number of nitrogens with one attached hydrogen (secondary N) is 1. The second-order valence-electron chi connectivity index (χ2n) is 10.0. The molecule has 1 saturated carbocycles. The van der Waals surface area contributed by atoms with Gasteiger partial charge in [-0.2, -0.15) is 0 Å². The molecule has 0 bridgehead atoms. The largest absolute Gasteiger partial charge is 0.479 e. The number of fused-ring (bicyclic) bond motifs is 3. The SMILES string of the molecule is CCC(C)(CNC(=O)OCC1c2ccccc2-c2ccccc21)C(=O)N(C)C1(C(=O)O)CCCC1. The van der Waals surface area contributed by atoms with Crippen molar-refractivity contribution in [3.05, 3.63) is 59.7 Å². The number of nitrogens with zero attached hydrogens (tertiary/aromatic N) is 1. The molecular formula is C28H34N2O5. The smallest absolute Gasteiger partial charge is 0.407 e. The first-order chi connectivity index (χ1) is 16.7. The van der Waals surface area contributed by atoms with Gasteiger partial charge in [0.15, 0.2) is 0 Å². The highest BCUT2D eigenvalue weighted by Gasteiger charge is 2.50. The third-order valence-electron chi connectivity index (χ3n) is 8.04. The first kappa shape index (κ1) is 24.8. The summed E-state index contributed by atoms with van der Waals surface area (Å²) >= 11 is 0. The number of carboxylic acids is 1. The zero-order chi connectivity index (χ0) is 25.2.